The van der Waals surface area contributed by atoms with Gasteiger partial charge in [0.1, 0.15) is 5.37 Å². The van der Waals surface area contributed by atoms with Gasteiger partial charge in [-0.3, -0.25) is 4.98 Å². The number of aryl methyl sites for hydroxylation is 1. The summed E-state index contributed by atoms with van der Waals surface area (Å²) in [6.45, 7) is 2.87. The summed E-state index contributed by atoms with van der Waals surface area (Å²) in [4.78, 5) is 18.6. The Kier molecular flexibility index (Phi) is 4.63. The van der Waals surface area contributed by atoms with Crippen LogP contribution in [0.5, 0.6) is 0 Å². The number of hydrogen-bond donors (Lipinski definition) is 1. The molecule has 3 rings (SSSR count). The van der Waals surface area contributed by atoms with E-state index in [0.717, 1.165) is 30.0 Å². The van der Waals surface area contributed by atoms with E-state index in [-0.39, 0.29) is 11.4 Å². The zero-order valence-corrected chi connectivity index (χ0v) is 13.3. The Hall–Kier alpha value is -2.01. The van der Waals surface area contributed by atoms with Gasteiger partial charge in [-0.25, -0.2) is 4.79 Å². The van der Waals surface area contributed by atoms with Crippen molar-refractivity contribution in [3.63, 3.8) is 0 Å². The molecule has 1 aliphatic rings. The van der Waals surface area contributed by atoms with Crippen molar-refractivity contribution in [3.05, 3.63) is 59.9 Å². The first-order chi connectivity index (χ1) is 10.8. The Morgan fingerprint density at radius 3 is 2.86 bits per heavy atom. The highest BCUT2D eigenvalue weighted by molar-refractivity contribution is 7.99. The molecule has 1 unspecified atom stereocenters. The molecule has 0 spiro atoms. The Morgan fingerprint density at radius 1 is 1.36 bits per heavy atom. The van der Waals surface area contributed by atoms with Crippen LogP contribution in [0.25, 0.3) is 0 Å². The van der Waals surface area contributed by atoms with Gasteiger partial charge in [0.2, 0.25) is 0 Å². The first-order valence-corrected chi connectivity index (χ1v) is 8.51. The van der Waals surface area contributed by atoms with Gasteiger partial charge in [-0.15, -0.1) is 11.8 Å². The summed E-state index contributed by atoms with van der Waals surface area (Å²) in [7, 11) is 0. The highest BCUT2D eigenvalue weighted by Crippen LogP contribution is 2.37. The lowest BCUT2D eigenvalue weighted by Gasteiger charge is -2.24. The second-order valence-corrected chi connectivity index (χ2v) is 6.37. The summed E-state index contributed by atoms with van der Waals surface area (Å²) < 4.78 is 0. The molecule has 22 heavy (non-hydrogen) atoms. The predicted octanol–water partition coefficient (Wildman–Crippen LogP) is 3.92. The second kappa shape index (κ2) is 6.83. The molecule has 2 amide bonds. The quantitative estimate of drug-likeness (QED) is 0.934. The summed E-state index contributed by atoms with van der Waals surface area (Å²) in [5.41, 5.74) is 3.17. The van der Waals surface area contributed by atoms with E-state index < -0.39 is 0 Å². The number of nitrogens with zero attached hydrogens (tertiary/aromatic N) is 2. The van der Waals surface area contributed by atoms with Crippen molar-refractivity contribution < 1.29 is 4.79 Å². The molecule has 1 aromatic heterocycles. The third-order valence-electron chi connectivity index (χ3n) is 3.73. The molecule has 1 atom stereocenters. The van der Waals surface area contributed by atoms with Gasteiger partial charge >= 0.3 is 6.03 Å². The summed E-state index contributed by atoms with van der Waals surface area (Å²) in [6.07, 6.45) is 4.59. The van der Waals surface area contributed by atoms with Gasteiger partial charge in [-0.1, -0.05) is 25.1 Å². The highest BCUT2D eigenvalue weighted by Gasteiger charge is 2.30. The fourth-order valence-corrected chi connectivity index (χ4v) is 3.73. The lowest BCUT2D eigenvalue weighted by Crippen LogP contribution is -2.34. The molecule has 2 heterocycles. The molecule has 2 aromatic rings. The van der Waals surface area contributed by atoms with Crippen molar-refractivity contribution in [2.75, 3.05) is 17.6 Å². The maximum Gasteiger partial charge on any atom is 0.323 e. The zero-order chi connectivity index (χ0) is 15.4. The third-order valence-corrected chi connectivity index (χ3v) is 5.00. The minimum absolute atomic E-state index is 0.0450. The van der Waals surface area contributed by atoms with E-state index in [0.29, 0.717) is 0 Å². The second-order valence-electron chi connectivity index (χ2n) is 5.18. The van der Waals surface area contributed by atoms with E-state index in [1.54, 1.807) is 18.0 Å². The number of pyridine rings is 1. The SMILES string of the molecule is CCc1ccc(NC(=O)N2CCSC2c2cccnc2)cc1. The maximum atomic E-state index is 12.5. The normalized spacial score (nSPS) is 17.5. The van der Waals surface area contributed by atoms with E-state index >= 15 is 0 Å². The van der Waals surface area contributed by atoms with Crippen LogP contribution >= 0.6 is 11.8 Å². The molecule has 4 nitrogen and oxygen atoms in total. The molecule has 1 fully saturated rings. The molecular weight excluding hydrogens is 294 g/mol. The fourth-order valence-electron chi connectivity index (χ4n) is 2.50. The average Bonchev–Trinajstić information content (AvgIpc) is 3.06. The van der Waals surface area contributed by atoms with Crippen LogP contribution in [0.4, 0.5) is 10.5 Å². The van der Waals surface area contributed by atoms with Crippen LogP contribution in [0.15, 0.2) is 48.8 Å². The number of nitrogens with one attached hydrogen (secondary N) is 1. The monoisotopic (exact) mass is 313 g/mol. The van der Waals surface area contributed by atoms with Crippen LogP contribution < -0.4 is 5.32 Å². The van der Waals surface area contributed by atoms with Gasteiger partial charge < -0.3 is 10.2 Å². The molecular formula is C17H19N3OS. The number of hydrogen-bond acceptors (Lipinski definition) is 3. The Balaban J connectivity index is 1.70. The summed E-state index contributed by atoms with van der Waals surface area (Å²) >= 11 is 1.77. The number of anilines is 1. The molecule has 0 saturated carbocycles. The van der Waals surface area contributed by atoms with Crippen molar-refractivity contribution in [3.8, 4) is 0 Å². The number of thioether (sulfide) groups is 1. The molecule has 1 saturated heterocycles. The molecule has 0 radical (unpaired) electrons. The van der Waals surface area contributed by atoms with E-state index in [4.69, 9.17) is 0 Å². The Bertz CT molecular complexity index is 630. The van der Waals surface area contributed by atoms with Gasteiger partial charge in [0, 0.05) is 35.9 Å². The number of urea groups is 1. The van der Waals surface area contributed by atoms with Crippen LogP contribution in [-0.4, -0.2) is 28.2 Å². The molecule has 0 aliphatic carbocycles. The highest BCUT2D eigenvalue weighted by atomic mass is 32.2. The number of amides is 2. The van der Waals surface area contributed by atoms with Gasteiger partial charge in [0.25, 0.3) is 0 Å². The number of carbonyl (C=O) groups excluding carboxylic acids is 1. The summed E-state index contributed by atoms with van der Waals surface area (Å²) in [5.74, 6) is 0.946. The molecule has 1 aromatic carbocycles. The number of benzene rings is 1. The molecule has 114 valence electrons. The number of carbonyl (C=O) groups is 1. The zero-order valence-electron chi connectivity index (χ0n) is 12.5. The average molecular weight is 313 g/mol. The van der Waals surface area contributed by atoms with Crippen LogP contribution in [0.3, 0.4) is 0 Å². The minimum atomic E-state index is -0.0527. The number of aromatic nitrogens is 1. The predicted molar refractivity (Wildman–Crippen MR) is 91.0 cm³/mol. The van der Waals surface area contributed by atoms with E-state index in [1.807, 2.05) is 47.5 Å². The number of rotatable bonds is 3. The van der Waals surface area contributed by atoms with Crippen molar-refractivity contribution in [1.82, 2.24) is 9.88 Å². The first-order valence-electron chi connectivity index (χ1n) is 7.46. The van der Waals surface area contributed by atoms with Gasteiger partial charge in [0.05, 0.1) is 0 Å². The van der Waals surface area contributed by atoms with Gasteiger partial charge in [0.15, 0.2) is 0 Å². The third kappa shape index (κ3) is 3.25. The first kappa shape index (κ1) is 14.9. The largest absolute Gasteiger partial charge is 0.323 e. The molecule has 1 aliphatic heterocycles. The minimum Gasteiger partial charge on any atom is -0.308 e. The van der Waals surface area contributed by atoms with E-state index in [2.05, 4.69) is 17.2 Å². The van der Waals surface area contributed by atoms with Crippen molar-refractivity contribution in [2.24, 2.45) is 0 Å². The smallest absolute Gasteiger partial charge is 0.308 e. The van der Waals surface area contributed by atoms with Gasteiger partial charge in [-0.2, -0.15) is 0 Å². The van der Waals surface area contributed by atoms with Crippen molar-refractivity contribution in [2.45, 2.75) is 18.7 Å². The van der Waals surface area contributed by atoms with Crippen LogP contribution in [0, 0.1) is 0 Å². The maximum absolute atomic E-state index is 12.5. The van der Waals surface area contributed by atoms with Crippen LogP contribution in [0.1, 0.15) is 23.4 Å². The Labute approximate surface area is 134 Å². The van der Waals surface area contributed by atoms with E-state index in [9.17, 15) is 4.79 Å². The summed E-state index contributed by atoms with van der Waals surface area (Å²) in [5, 5.41) is 3.03. The topological polar surface area (TPSA) is 45.2 Å². The standard InChI is InChI=1S/C17H19N3OS/c1-2-13-5-7-15(8-6-13)19-17(21)20-10-11-22-16(20)14-4-3-9-18-12-14/h3-9,12,16H,2,10-11H2,1H3,(H,19,21). The van der Waals surface area contributed by atoms with E-state index in [1.165, 1.54) is 5.56 Å². The van der Waals surface area contributed by atoms with Crippen LogP contribution in [-0.2, 0) is 6.42 Å². The molecule has 5 heteroatoms. The molecule has 1 N–H and O–H groups in total. The lowest BCUT2D eigenvalue weighted by atomic mass is 10.1. The van der Waals surface area contributed by atoms with Crippen molar-refractivity contribution in [1.29, 1.82) is 0 Å². The Morgan fingerprint density at radius 2 is 2.18 bits per heavy atom. The summed E-state index contributed by atoms with van der Waals surface area (Å²) in [6, 6.07) is 11.9. The molecule has 0 bridgehead atoms. The van der Waals surface area contributed by atoms with Crippen molar-refractivity contribution >= 4 is 23.5 Å². The lowest BCUT2D eigenvalue weighted by molar-refractivity contribution is 0.214. The van der Waals surface area contributed by atoms with Crippen LogP contribution in [0.2, 0.25) is 0 Å². The fraction of sp³-hybridized carbons (Fsp3) is 0.294. The van der Waals surface area contributed by atoms with Gasteiger partial charge in [-0.05, 0) is 30.2 Å².